The third-order valence-corrected chi connectivity index (χ3v) is 3.85. The van der Waals surface area contributed by atoms with Crippen LogP contribution < -0.4 is 5.32 Å². The zero-order valence-electron chi connectivity index (χ0n) is 15.6. The van der Waals surface area contributed by atoms with Crippen molar-refractivity contribution in [2.75, 3.05) is 5.32 Å². The average molecular weight is 411 g/mol. The number of tetrazole rings is 1. The van der Waals surface area contributed by atoms with E-state index in [1.807, 2.05) is 0 Å². The molecule has 3 aromatic rings. The molecule has 0 atom stereocenters. The van der Waals surface area contributed by atoms with Crippen molar-refractivity contribution in [3.63, 3.8) is 0 Å². The minimum Gasteiger partial charge on any atom is -0.367 e. The molecule has 0 aliphatic heterocycles. The normalized spacial score (nSPS) is 11.7. The maximum atomic E-state index is 13.0. The lowest BCUT2D eigenvalue weighted by molar-refractivity contribution is -0.141. The predicted octanol–water partition coefficient (Wildman–Crippen LogP) is 1.03. The fourth-order valence-corrected chi connectivity index (χ4v) is 2.31. The monoisotopic (exact) mass is 411 g/mol. The summed E-state index contributed by atoms with van der Waals surface area (Å²) in [7, 11) is 3.19. The van der Waals surface area contributed by atoms with Crippen LogP contribution in [0, 0.1) is 6.92 Å². The Balaban J connectivity index is 1.81. The van der Waals surface area contributed by atoms with Gasteiger partial charge in [-0.15, -0.1) is 0 Å². The third-order valence-electron chi connectivity index (χ3n) is 3.85. The minimum atomic E-state index is -4.67. The van der Waals surface area contributed by atoms with Crippen LogP contribution in [0.4, 0.5) is 19.1 Å². The van der Waals surface area contributed by atoms with Crippen LogP contribution in [-0.2, 0) is 38.2 Å². The van der Waals surface area contributed by atoms with E-state index in [-0.39, 0.29) is 30.4 Å². The number of carbonyl (C=O) groups is 1. The first-order valence-corrected chi connectivity index (χ1v) is 8.20. The molecule has 0 bridgehead atoms. The zero-order chi connectivity index (χ0) is 21.2. The van der Waals surface area contributed by atoms with Gasteiger partial charge in [0, 0.05) is 14.1 Å². The molecule has 3 heterocycles. The number of carbonyl (C=O) groups excluding carboxylic acids is 1. The second-order valence-electron chi connectivity index (χ2n) is 5.96. The van der Waals surface area contributed by atoms with Crippen LogP contribution >= 0.6 is 0 Å². The maximum absolute atomic E-state index is 13.0. The Morgan fingerprint density at radius 1 is 1.17 bits per heavy atom. The van der Waals surface area contributed by atoms with Gasteiger partial charge in [-0.2, -0.15) is 18.3 Å². The number of hydrogen-bond donors (Lipinski definition) is 1. The molecule has 0 fully saturated rings. The summed E-state index contributed by atoms with van der Waals surface area (Å²) in [4.78, 5) is 20.2. The summed E-state index contributed by atoms with van der Waals surface area (Å²) < 4.78 is 47.2. The number of ether oxygens (including phenoxy) is 1. The molecular formula is C15H16F3N9O2. The average Bonchev–Trinajstić information content (AvgIpc) is 3.19. The second kappa shape index (κ2) is 7.90. The van der Waals surface area contributed by atoms with Crippen LogP contribution in [0.2, 0.25) is 0 Å². The zero-order valence-corrected chi connectivity index (χ0v) is 15.6. The molecule has 14 heteroatoms. The molecule has 0 spiro atoms. The number of aromatic nitrogens is 8. The fraction of sp³-hybridized carbons (Fsp3) is 0.400. The van der Waals surface area contributed by atoms with Crippen LogP contribution in [0.15, 0.2) is 12.1 Å². The number of nitrogens with one attached hydrogen (secondary N) is 1. The van der Waals surface area contributed by atoms with E-state index >= 15 is 0 Å². The highest BCUT2D eigenvalue weighted by Gasteiger charge is 2.33. The highest BCUT2D eigenvalue weighted by Crippen LogP contribution is 2.28. The third kappa shape index (κ3) is 4.71. The van der Waals surface area contributed by atoms with E-state index in [4.69, 9.17) is 4.74 Å². The number of rotatable bonds is 6. The Morgan fingerprint density at radius 3 is 2.52 bits per heavy atom. The Bertz CT molecular complexity index is 1010. The smallest absolute Gasteiger partial charge is 0.367 e. The Kier molecular flexibility index (Phi) is 5.54. The summed E-state index contributed by atoms with van der Waals surface area (Å²) in [6, 6.07) is 1.74. The van der Waals surface area contributed by atoms with E-state index in [2.05, 4.69) is 35.9 Å². The highest BCUT2D eigenvalue weighted by molar-refractivity contribution is 6.04. The molecule has 1 N–H and O–H groups in total. The van der Waals surface area contributed by atoms with Gasteiger partial charge in [-0.3, -0.25) is 14.8 Å². The van der Waals surface area contributed by atoms with Crippen molar-refractivity contribution < 1.29 is 22.7 Å². The minimum absolute atomic E-state index is 0.0231. The van der Waals surface area contributed by atoms with E-state index in [0.717, 1.165) is 12.1 Å². The summed E-state index contributed by atoms with van der Waals surface area (Å²) in [6.07, 6.45) is -4.67. The summed E-state index contributed by atoms with van der Waals surface area (Å²) in [5, 5.41) is 17.0. The summed E-state index contributed by atoms with van der Waals surface area (Å²) in [5.74, 6) is 0.302. The van der Waals surface area contributed by atoms with Gasteiger partial charge in [0.1, 0.15) is 18.1 Å². The van der Waals surface area contributed by atoms with Gasteiger partial charge >= 0.3 is 6.18 Å². The number of anilines is 1. The number of amides is 1. The summed E-state index contributed by atoms with van der Waals surface area (Å²) in [5.41, 5.74) is -1.44. The van der Waals surface area contributed by atoms with Gasteiger partial charge in [0.2, 0.25) is 5.95 Å². The number of pyridine rings is 1. The van der Waals surface area contributed by atoms with Crippen molar-refractivity contribution in [3.8, 4) is 0 Å². The molecule has 3 aromatic heterocycles. The quantitative estimate of drug-likeness (QED) is 0.638. The molecule has 1 amide bonds. The van der Waals surface area contributed by atoms with Crippen molar-refractivity contribution in [3.05, 3.63) is 40.7 Å². The number of halogens is 3. The van der Waals surface area contributed by atoms with Crippen LogP contribution in [0.1, 0.15) is 33.4 Å². The van der Waals surface area contributed by atoms with Crippen LogP contribution in [0.25, 0.3) is 0 Å². The molecule has 0 aliphatic carbocycles. The lowest BCUT2D eigenvalue weighted by atomic mass is 10.1. The molecule has 0 saturated heterocycles. The van der Waals surface area contributed by atoms with Gasteiger partial charge in [0.25, 0.3) is 5.91 Å². The maximum Gasteiger partial charge on any atom is 0.433 e. The molecule has 0 aliphatic rings. The van der Waals surface area contributed by atoms with Gasteiger partial charge in [-0.1, -0.05) is 5.10 Å². The number of alkyl halides is 3. The van der Waals surface area contributed by atoms with Crippen molar-refractivity contribution >= 4 is 11.9 Å². The standard InChI is InChI=1S/C15H16F3N9O2/c1-8-19-12(23-26(8)2)7-29-6-10-9(4-5-11(20-10)15(16,17)18)13(28)21-14-22-24-25-27(14)3/h4-5H,6-7H2,1-3H3,(H,21,22,25,28). The Morgan fingerprint density at radius 2 is 1.93 bits per heavy atom. The first-order valence-electron chi connectivity index (χ1n) is 8.20. The Hall–Kier alpha value is -3.42. The molecule has 154 valence electrons. The lowest BCUT2D eigenvalue weighted by Gasteiger charge is -2.12. The molecule has 11 nitrogen and oxygen atoms in total. The van der Waals surface area contributed by atoms with Crippen molar-refractivity contribution in [1.82, 2.24) is 40.0 Å². The lowest BCUT2D eigenvalue weighted by Crippen LogP contribution is -2.20. The second-order valence-corrected chi connectivity index (χ2v) is 5.96. The van der Waals surface area contributed by atoms with Gasteiger partial charge in [-0.05, 0) is 29.5 Å². The molecule has 0 aromatic carbocycles. The van der Waals surface area contributed by atoms with Crippen molar-refractivity contribution in [1.29, 1.82) is 0 Å². The van der Waals surface area contributed by atoms with E-state index in [0.29, 0.717) is 11.6 Å². The van der Waals surface area contributed by atoms with Gasteiger partial charge in [0.05, 0.1) is 17.9 Å². The van der Waals surface area contributed by atoms with E-state index < -0.39 is 17.8 Å². The van der Waals surface area contributed by atoms with Gasteiger partial charge in [-0.25, -0.2) is 14.6 Å². The molecule has 29 heavy (non-hydrogen) atoms. The van der Waals surface area contributed by atoms with E-state index in [1.54, 1.807) is 14.0 Å². The summed E-state index contributed by atoms with van der Waals surface area (Å²) in [6.45, 7) is 1.32. The van der Waals surface area contributed by atoms with Crippen LogP contribution in [-0.4, -0.2) is 45.9 Å². The highest BCUT2D eigenvalue weighted by atomic mass is 19.4. The topological polar surface area (TPSA) is 126 Å². The SMILES string of the molecule is Cc1nc(COCc2nc(C(F)(F)F)ccc2C(=O)Nc2nnnn2C)nn1C. The molecule has 3 rings (SSSR count). The van der Waals surface area contributed by atoms with Crippen molar-refractivity contribution in [2.45, 2.75) is 26.3 Å². The molecule has 0 radical (unpaired) electrons. The predicted molar refractivity (Wildman–Crippen MR) is 90.2 cm³/mol. The number of nitrogens with zero attached hydrogens (tertiary/aromatic N) is 8. The molecular weight excluding hydrogens is 395 g/mol. The Labute approximate surface area is 161 Å². The van der Waals surface area contributed by atoms with E-state index in [1.165, 1.54) is 16.4 Å². The number of hydrogen-bond acceptors (Lipinski definition) is 8. The first-order chi connectivity index (χ1) is 13.6. The number of aryl methyl sites for hydroxylation is 3. The van der Waals surface area contributed by atoms with Gasteiger partial charge < -0.3 is 4.74 Å². The van der Waals surface area contributed by atoms with E-state index in [9.17, 15) is 18.0 Å². The van der Waals surface area contributed by atoms with Crippen LogP contribution in [0.5, 0.6) is 0 Å². The first kappa shape index (κ1) is 20.3. The van der Waals surface area contributed by atoms with Crippen LogP contribution in [0.3, 0.4) is 0 Å². The fourth-order valence-electron chi connectivity index (χ4n) is 2.31. The molecule has 0 unspecified atom stereocenters. The largest absolute Gasteiger partial charge is 0.433 e. The van der Waals surface area contributed by atoms with Gasteiger partial charge in [0.15, 0.2) is 5.82 Å². The van der Waals surface area contributed by atoms with Crippen molar-refractivity contribution in [2.24, 2.45) is 14.1 Å². The summed E-state index contributed by atoms with van der Waals surface area (Å²) >= 11 is 0. The molecule has 0 saturated carbocycles.